The van der Waals surface area contributed by atoms with Gasteiger partial charge >= 0.3 is 0 Å². The molecule has 1 saturated heterocycles. The monoisotopic (exact) mass is 452 g/mol. The van der Waals surface area contributed by atoms with E-state index in [9.17, 15) is 15.0 Å². The van der Waals surface area contributed by atoms with Crippen LogP contribution in [0.1, 0.15) is 58.1 Å². The van der Waals surface area contributed by atoms with E-state index in [1.807, 2.05) is 24.3 Å². The van der Waals surface area contributed by atoms with Gasteiger partial charge in [-0.2, -0.15) is 0 Å². The Labute approximate surface area is 198 Å². The van der Waals surface area contributed by atoms with E-state index in [1.165, 1.54) is 5.56 Å². The van der Waals surface area contributed by atoms with E-state index < -0.39 is 0 Å². The summed E-state index contributed by atoms with van der Waals surface area (Å²) in [6.45, 7) is 11.8. The van der Waals surface area contributed by atoms with Crippen molar-refractivity contribution in [3.05, 3.63) is 59.7 Å². The summed E-state index contributed by atoms with van der Waals surface area (Å²) in [6.07, 6.45) is 3.17. The van der Waals surface area contributed by atoms with E-state index >= 15 is 0 Å². The summed E-state index contributed by atoms with van der Waals surface area (Å²) in [5, 5.41) is 22.7. The third-order valence-electron chi connectivity index (χ3n) is 7.78. The van der Waals surface area contributed by atoms with Gasteiger partial charge in [0.15, 0.2) is 0 Å². The minimum absolute atomic E-state index is 0.0362. The van der Waals surface area contributed by atoms with Crippen LogP contribution in [0, 0.1) is 11.8 Å². The van der Waals surface area contributed by atoms with Gasteiger partial charge in [0.05, 0.1) is 0 Å². The quantitative estimate of drug-likeness (QED) is 0.508. The minimum Gasteiger partial charge on any atom is -0.508 e. The third kappa shape index (κ3) is 6.50. The van der Waals surface area contributed by atoms with Crippen LogP contribution in [-0.4, -0.2) is 46.7 Å². The lowest BCUT2D eigenvalue weighted by Gasteiger charge is -2.46. The molecule has 0 saturated carbocycles. The summed E-state index contributed by atoms with van der Waals surface area (Å²) < 4.78 is 0. The van der Waals surface area contributed by atoms with Crippen LogP contribution in [0.25, 0.3) is 0 Å². The molecule has 0 bridgehead atoms. The number of nitrogens with one attached hydrogen (secondary N) is 1. The van der Waals surface area contributed by atoms with Gasteiger partial charge < -0.3 is 20.4 Å². The zero-order chi connectivity index (χ0) is 24.0. The van der Waals surface area contributed by atoms with Crippen molar-refractivity contribution in [2.75, 3.05) is 19.6 Å². The number of benzene rings is 2. The van der Waals surface area contributed by atoms with Gasteiger partial charge in [0.1, 0.15) is 11.5 Å². The molecular formula is C28H40N2O3. The van der Waals surface area contributed by atoms with Crippen molar-refractivity contribution in [1.29, 1.82) is 0 Å². The number of rotatable bonds is 9. The number of amides is 1. The fourth-order valence-corrected chi connectivity index (χ4v) is 4.90. The number of likely N-dealkylation sites (tertiary alicyclic amines) is 1. The fourth-order valence-electron chi connectivity index (χ4n) is 4.90. The highest BCUT2D eigenvalue weighted by Crippen LogP contribution is 2.40. The van der Waals surface area contributed by atoms with Crippen molar-refractivity contribution < 1.29 is 15.0 Å². The molecule has 2 aromatic rings. The van der Waals surface area contributed by atoms with Gasteiger partial charge in [-0.05, 0) is 72.0 Å². The first-order valence-electron chi connectivity index (χ1n) is 12.3. The van der Waals surface area contributed by atoms with Crippen molar-refractivity contribution in [3.8, 4) is 11.5 Å². The molecule has 1 amide bonds. The van der Waals surface area contributed by atoms with E-state index in [2.05, 4.69) is 44.0 Å². The molecule has 5 heteroatoms. The lowest BCUT2D eigenvalue weighted by atomic mass is 9.68. The molecule has 1 fully saturated rings. The molecule has 0 unspecified atom stereocenters. The van der Waals surface area contributed by atoms with Gasteiger partial charge in [-0.1, -0.05) is 58.4 Å². The number of aromatic hydroxyl groups is 2. The summed E-state index contributed by atoms with van der Waals surface area (Å²) in [4.78, 5) is 15.2. The molecule has 0 aromatic heterocycles. The predicted octanol–water partition coefficient (Wildman–Crippen LogP) is 4.86. The first-order valence-corrected chi connectivity index (χ1v) is 12.3. The number of carbonyl (C=O) groups is 1. The number of nitrogens with zero attached hydrogens (tertiary/aromatic N) is 1. The fraction of sp³-hybridized carbons (Fsp3) is 0.536. The third-order valence-corrected chi connectivity index (χ3v) is 7.78. The van der Waals surface area contributed by atoms with Crippen LogP contribution in [-0.2, 0) is 16.6 Å². The Balaban J connectivity index is 1.58. The number of phenols is 2. The van der Waals surface area contributed by atoms with E-state index in [4.69, 9.17) is 0 Å². The minimum atomic E-state index is 0.0362. The standard InChI is InChI=1S/C28H40N2O3/c1-5-20(2)26(29-27(33)14-11-22-9-12-24(31)13-10-22)19-30-16-15-28(4,21(3)18-30)23-7-6-8-25(32)17-23/h6-10,12-13,17,20-21,26,31-32H,5,11,14-16,18-19H2,1-4H3,(H,29,33)/t20-,21-,26+,28+/m0/s1. The number of phenolic OH excluding ortho intramolecular Hbond substituents is 2. The van der Waals surface area contributed by atoms with Gasteiger partial charge in [0.25, 0.3) is 0 Å². The summed E-state index contributed by atoms with van der Waals surface area (Å²) in [5.74, 6) is 1.50. The summed E-state index contributed by atoms with van der Waals surface area (Å²) in [5.41, 5.74) is 2.30. The Morgan fingerprint density at radius 3 is 2.55 bits per heavy atom. The predicted molar refractivity (Wildman–Crippen MR) is 133 cm³/mol. The largest absolute Gasteiger partial charge is 0.508 e. The first-order chi connectivity index (χ1) is 15.7. The summed E-state index contributed by atoms with van der Waals surface area (Å²) >= 11 is 0. The van der Waals surface area contributed by atoms with Crippen LogP contribution in [0.15, 0.2) is 48.5 Å². The molecule has 5 nitrogen and oxygen atoms in total. The number of hydrogen-bond donors (Lipinski definition) is 3. The Bertz CT molecular complexity index is 914. The summed E-state index contributed by atoms with van der Waals surface area (Å²) in [7, 11) is 0. The van der Waals surface area contributed by atoms with E-state index in [1.54, 1.807) is 18.2 Å². The van der Waals surface area contributed by atoms with Gasteiger partial charge in [0.2, 0.25) is 5.91 Å². The SMILES string of the molecule is CC[C@H](C)[C@@H](CN1CC[C@@](C)(c2cccc(O)c2)[C@@H](C)C1)NC(=O)CCc1ccc(O)cc1. The van der Waals surface area contributed by atoms with Gasteiger partial charge in [-0.3, -0.25) is 4.79 Å². The van der Waals surface area contributed by atoms with Crippen LogP contribution < -0.4 is 5.32 Å². The highest BCUT2D eigenvalue weighted by atomic mass is 16.3. The average molecular weight is 453 g/mol. The van der Waals surface area contributed by atoms with Crippen LogP contribution in [0.2, 0.25) is 0 Å². The van der Waals surface area contributed by atoms with Crippen molar-refractivity contribution in [3.63, 3.8) is 0 Å². The van der Waals surface area contributed by atoms with Crippen LogP contribution >= 0.6 is 0 Å². The highest BCUT2D eigenvalue weighted by Gasteiger charge is 2.38. The zero-order valence-electron chi connectivity index (χ0n) is 20.6. The topological polar surface area (TPSA) is 72.8 Å². The van der Waals surface area contributed by atoms with Crippen LogP contribution in [0.3, 0.4) is 0 Å². The van der Waals surface area contributed by atoms with Crippen molar-refractivity contribution in [1.82, 2.24) is 10.2 Å². The van der Waals surface area contributed by atoms with Crippen molar-refractivity contribution >= 4 is 5.91 Å². The Kier molecular flexibility index (Phi) is 8.41. The zero-order valence-corrected chi connectivity index (χ0v) is 20.6. The molecule has 0 radical (unpaired) electrons. The Morgan fingerprint density at radius 1 is 1.18 bits per heavy atom. The van der Waals surface area contributed by atoms with E-state index in [-0.39, 0.29) is 23.1 Å². The molecule has 1 heterocycles. The highest BCUT2D eigenvalue weighted by molar-refractivity contribution is 5.76. The number of aryl methyl sites for hydroxylation is 1. The molecule has 3 rings (SSSR count). The van der Waals surface area contributed by atoms with E-state index in [0.717, 1.165) is 38.0 Å². The average Bonchev–Trinajstić information content (AvgIpc) is 2.80. The second kappa shape index (κ2) is 11.1. The molecule has 2 aromatic carbocycles. The summed E-state index contributed by atoms with van der Waals surface area (Å²) in [6, 6.07) is 14.9. The Hall–Kier alpha value is -2.53. The Morgan fingerprint density at radius 2 is 1.91 bits per heavy atom. The van der Waals surface area contributed by atoms with E-state index in [0.29, 0.717) is 30.4 Å². The molecular weight excluding hydrogens is 412 g/mol. The van der Waals surface area contributed by atoms with Crippen LogP contribution in [0.4, 0.5) is 0 Å². The second-order valence-electron chi connectivity index (χ2n) is 10.1. The maximum atomic E-state index is 12.7. The van der Waals surface area contributed by atoms with Gasteiger partial charge in [-0.25, -0.2) is 0 Å². The first kappa shape index (κ1) is 25.1. The van der Waals surface area contributed by atoms with Gasteiger partial charge in [0, 0.05) is 25.6 Å². The molecule has 33 heavy (non-hydrogen) atoms. The van der Waals surface area contributed by atoms with Crippen molar-refractivity contribution in [2.24, 2.45) is 11.8 Å². The molecule has 1 aliphatic rings. The van der Waals surface area contributed by atoms with Gasteiger partial charge in [-0.15, -0.1) is 0 Å². The smallest absolute Gasteiger partial charge is 0.220 e. The molecule has 0 spiro atoms. The molecule has 180 valence electrons. The van der Waals surface area contributed by atoms with Crippen molar-refractivity contribution in [2.45, 2.75) is 64.8 Å². The lowest BCUT2D eigenvalue weighted by molar-refractivity contribution is -0.122. The van der Waals surface area contributed by atoms with Crippen LogP contribution in [0.5, 0.6) is 11.5 Å². The number of carbonyl (C=O) groups excluding carboxylic acids is 1. The maximum Gasteiger partial charge on any atom is 0.220 e. The molecule has 1 aliphatic heterocycles. The normalized spacial score (nSPS) is 23.1. The molecule has 3 N–H and O–H groups in total. The maximum absolute atomic E-state index is 12.7. The lowest BCUT2D eigenvalue weighted by Crippen LogP contribution is -2.53. The number of piperidine rings is 1. The molecule has 0 aliphatic carbocycles. The molecule has 4 atom stereocenters. The second-order valence-corrected chi connectivity index (χ2v) is 10.1. The number of hydrogen-bond acceptors (Lipinski definition) is 4.